The summed E-state index contributed by atoms with van der Waals surface area (Å²) in [6, 6.07) is 8.67. The Morgan fingerprint density at radius 2 is 1.91 bits per heavy atom. The second-order valence-corrected chi connectivity index (χ2v) is 9.70. The van der Waals surface area contributed by atoms with Crippen LogP contribution < -0.4 is 5.32 Å². The normalized spacial score (nSPS) is 28.9. The number of hydrogen-bond donors (Lipinski definition) is 4. The third-order valence-corrected chi connectivity index (χ3v) is 7.04. The fraction of sp³-hybridized carbons (Fsp3) is 0.560. The molecule has 1 aromatic carbocycles. The number of nitrogens with one attached hydrogen (secondary N) is 1. The summed E-state index contributed by atoms with van der Waals surface area (Å²) in [5.41, 5.74) is 3.48. The molecule has 3 heterocycles. The van der Waals surface area contributed by atoms with Gasteiger partial charge in [0.15, 0.2) is 23.2 Å². The highest BCUT2D eigenvalue weighted by molar-refractivity contribution is 5.82. The van der Waals surface area contributed by atoms with Crippen LogP contribution in [0.1, 0.15) is 56.4 Å². The van der Waals surface area contributed by atoms with Gasteiger partial charge in [-0.15, -0.1) is 0 Å². The van der Waals surface area contributed by atoms with Crippen LogP contribution in [0.25, 0.3) is 11.2 Å². The van der Waals surface area contributed by atoms with E-state index >= 15 is 0 Å². The van der Waals surface area contributed by atoms with E-state index < -0.39 is 31.1 Å². The van der Waals surface area contributed by atoms with Crippen LogP contribution in [0.2, 0.25) is 0 Å². The second-order valence-electron chi connectivity index (χ2n) is 9.70. The zero-order chi connectivity index (χ0) is 24.5. The first-order valence-electron chi connectivity index (χ1n) is 12.2. The van der Waals surface area contributed by atoms with Gasteiger partial charge in [0.2, 0.25) is 0 Å². The summed E-state index contributed by atoms with van der Waals surface area (Å²) in [7, 11) is 0. The molecule has 5 rings (SSSR count). The zero-order valence-corrected chi connectivity index (χ0v) is 20.0. The largest absolute Gasteiger partial charge is 0.394 e. The fourth-order valence-electron chi connectivity index (χ4n) is 4.92. The number of aliphatic hydroxyl groups is 3. The monoisotopic (exact) mass is 483 g/mol. The van der Waals surface area contributed by atoms with Gasteiger partial charge in [-0.3, -0.25) is 4.57 Å². The highest BCUT2D eigenvalue weighted by atomic mass is 16.6. The average molecular weight is 484 g/mol. The standard InChI is InChI=1S/C25H33N5O5/c1-14(2)16-8-6-15(7-9-16)11-34-18-5-3-4-17(18)29-23-20-24(27-12-26-23)30(13-28-20)25-22(33)21(32)19(10-31)35-25/h6-9,12-14,17-19,21-22,25,31-33H,3-5,10-11H2,1-2H3,(H,26,27,29)/t17?,18-,19?,21-,22-,25?/m1/s1. The lowest BCUT2D eigenvalue weighted by Gasteiger charge is -2.22. The highest BCUT2D eigenvalue weighted by Gasteiger charge is 2.44. The fourth-order valence-corrected chi connectivity index (χ4v) is 4.92. The van der Waals surface area contributed by atoms with Crippen molar-refractivity contribution in [2.24, 2.45) is 0 Å². The molecule has 2 aliphatic rings. The maximum absolute atomic E-state index is 10.4. The van der Waals surface area contributed by atoms with E-state index in [1.165, 1.54) is 18.2 Å². The topological polar surface area (TPSA) is 135 Å². The number of aromatic nitrogens is 4. The van der Waals surface area contributed by atoms with Gasteiger partial charge in [-0.05, 0) is 36.3 Å². The second kappa shape index (κ2) is 10.2. The van der Waals surface area contributed by atoms with Gasteiger partial charge < -0.3 is 30.1 Å². The smallest absolute Gasteiger partial charge is 0.167 e. The molecule has 2 fully saturated rings. The first-order chi connectivity index (χ1) is 17.0. The van der Waals surface area contributed by atoms with Crippen molar-refractivity contribution in [3.05, 3.63) is 48.0 Å². The summed E-state index contributed by atoms with van der Waals surface area (Å²) in [6.07, 6.45) is 1.79. The number of fused-ring (bicyclic) bond motifs is 1. The summed E-state index contributed by atoms with van der Waals surface area (Å²) in [5.74, 6) is 1.09. The van der Waals surface area contributed by atoms with Crippen molar-refractivity contribution in [2.45, 2.75) is 82.3 Å². The SMILES string of the molecule is CC(C)c1ccc(CO[C@@H]2CCCC2Nc2ncnc3c2ncn3C2OC(CO)[C@@H](O)[C@H]2O)cc1. The van der Waals surface area contributed by atoms with Gasteiger partial charge in [-0.25, -0.2) is 15.0 Å². The van der Waals surface area contributed by atoms with E-state index in [2.05, 4.69) is 58.4 Å². The Morgan fingerprint density at radius 1 is 1.11 bits per heavy atom. The summed E-state index contributed by atoms with van der Waals surface area (Å²) in [5, 5.41) is 33.4. The zero-order valence-electron chi connectivity index (χ0n) is 20.0. The number of ether oxygens (including phenoxy) is 2. The average Bonchev–Trinajstić information content (AvgIpc) is 3.57. The van der Waals surface area contributed by atoms with Gasteiger partial charge in [0.05, 0.1) is 31.7 Å². The molecule has 1 saturated heterocycles. The van der Waals surface area contributed by atoms with E-state index in [0.29, 0.717) is 29.5 Å². The number of rotatable bonds is 8. The molecule has 0 bridgehead atoms. The van der Waals surface area contributed by atoms with Crippen molar-refractivity contribution in [3.8, 4) is 0 Å². The van der Waals surface area contributed by atoms with Gasteiger partial charge in [0.25, 0.3) is 0 Å². The molecule has 1 saturated carbocycles. The van der Waals surface area contributed by atoms with Gasteiger partial charge in [-0.2, -0.15) is 0 Å². The van der Waals surface area contributed by atoms with E-state index in [1.54, 1.807) is 4.57 Å². The number of hydrogen-bond acceptors (Lipinski definition) is 9. The van der Waals surface area contributed by atoms with Crippen molar-refractivity contribution >= 4 is 17.0 Å². The number of anilines is 1. The van der Waals surface area contributed by atoms with Crippen LogP contribution in [0.5, 0.6) is 0 Å². The maximum Gasteiger partial charge on any atom is 0.167 e. The summed E-state index contributed by atoms with van der Waals surface area (Å²) >= 11 is 0. The molecule has 1 aliphatic heterocycles. The lowest BCUT2D eigenvalue weighted by Crippen LogP contribution is -2.33. The summed E-state index contributed by atoms with van der Waals surface area (Å²) in [6.45, 7) is 4.53. The molecule has 3 aromatic rings. The Bertz CT molecular complexity index is 1140. The minimum atomic E-state index is -1.21. The highest BCUT2D eigenvalue weighted by Crippen LogP contribution is 2.33. The molecule has 2 aromatic heterocycles. The van der Waals surface area contributed by atoms with Crippen molar-refractivity contribution in [3.63, 3.8) is 0 Å². The number of benzene rings is 1. The van der Waals surface area contributed by atoms with Crippen molar-refractivity contribution < 1.29 is 24.8 Å². The molecule has 6 atom stereocenters. The Morgan fingerprint density at radius 3 is 2.63 bits per heavy atom. The molecular weight excluding hydrogens is 450 g/mol. The Balaban J connectivity index is 1.28. The number of nitrogens with zero attached hydrogens (tertiary/aromatic N) is 4. The summed E-state index contributed by atoms with van der Waals surface area (Å²) in [4.78, 5) is 13.2. The molecule has 0 amide bonds. The van der Waals surface area contributed by atoms with Crippen molar-refractivity contribution in [1.29, 1.82) is 0 Å². The quantitative estimate of drug-likeness (QED) is 0.380. The van der Waals surface area contributed by atoms with Crippen molar-refractivity contribution in [1.82, 2.24) is 19.5 Å². The Kier molecular flexibility index (Phi) is 6.99. The van der Waals surface area contributed by atoms with Crippen LogP contribution in [-0.2, 0) is 16.1 Å². The van der Waals surface area contributed by atoms with Crippen LogP contribution in [0, 0.1) is 0 Å². The van der Waals surface area contributed by atoms with Gasteiger partial charge >= 0.3 is 0 Å². The Labute approximate surface area is 204 Å². The third-order valence-electron chi connectivity index (χ3n) is 7.04. The van der Waals surface area contributed by atoms with E-state index in [0.717, 1.165) is 24.8 Å². The maximum atomic E-state index is 10.4. The van der Waals surface area contributed by atoms with Crippen LogP contribution in [0.4, 0.5) is 5.82 Å². The molecule has 3 unspecified atom stereocenters. The Hall–Kier alpha value is -2.63. The summed E-state index contributed by atoms with van der Waals surface area (Å²) < 4.78 is 13.5. The van der Waals surface area contributed by atoms with E-state index in [-0.39, 0.29) is 12.1 Å². The molecular formula is C25H33N5O5. The molecule has 10 heteroatoms. The number of aliphatic hydroxyl groups excluding tert-OH is 3. The van der Waals surface area contributed by atoms with Crippen LogP contribution >= 0.6 is 0 Å². The van der Waals surface area contributed by atoms with Crippen molar-refractivity contribution in [2.75, 3.05) is 11.9 Å². The lowest BCUT2D eigenvalue weighted by atomic mass is 10.0. The van der Waals surface area contributed by atoms with Crippen LogP contribution in [0.15, 0.2) is 36.9 Å². The predicted molar refractivity (Wildman–Crippen MR) is 129 cm³/mol. The molecule has 10 nitrogen and oxygen atoms in total. The molecule has 188 valence electrons. The first kappa shape index (κ1) is 24.1. The third kappa shape index (κ3) is 4.76. The van der Waals surface area contributed by atoms with E-state index in [4.69, 9.17) is 9.47 Å². The molecule has 1 aliphatic carbocycles. The number of imidazole rings is 1. The minimum Gasteiger partial charge on any atom is -0.394 e. The predicted octanol–water partition coefficient (Wildman–Crippen LogP) is 2.11. The van der Waals surface area contributed by atoms with Gasteiger partial charge in [0.1, 0.15) is 24.6 Å². The van der Waals surface area contributed by atoms with Crippen LogP contribution in [0.3, 0.4) is 0 Å². The van der Waals surface area contributed by atoms with E-state index in [9.17, 15) is 15.3 Å². The van der Waals surface area contributed by atoms with Crippen LogP contribution in [-0.4, -0.2) is 71.9 Å². The van der Waals surface area contributed by atoms with Gasteiger partial charge in [-0.1, -0.05) is 38.1 Å². The molecule has 35 heavy (non-hydrogen) atoms. The molecule has 0 radical (unpaired) electrons. The van der Waals surface area contributed by atoms with E-state index in [1.807, 2.05) is 0 Å². The lowest BCUT2D eigenvalue weighted by molar-refractivity contribution is -0.0511. The minimum absolute atomic E-state index is 0.0484. The van der Waals surface area contributed by atoms with Gasteiger partial charge in [0, 0.05) is 0 Å². The first-order valence-corrected chi connectivity index (χ1v) is 12.2. The molecule has 4 N–H and O–H groups in total. The molecule has 0 spiro atoms.